The zero-order valence-electron chi connectivity index (χ0n) is 28.8. The van der Waals surface area contributed by atoms with Gasteiger partial charge in [-0.15, -0.1) is 5.10 Å². The first-order chi connectivity index (χ1) is 24.7. The summed E-state index contributed by atoms with van der Waals surface area (Å²) < 4.78 is 56.7. The summed E-state index contributed by atoms with van der Waals surface area (Å²) in [4.78, 5) is 41.5. The molecule has 1 N–H and O–H groups in total. The lowest BCUT2D eigenvalue weighted by Gasteiger charge is -2.22. The fourth-order valence-electron chi connectivity index (χ4n) is 6.35. The summed E-state index contributed by atoms with van der Waals surface area (Å²) in [6.07, 6.45) is 0.958. The molecule has 1 aromatic heterocycles. The van der Waals surface area contributed by atoms with Crippen LogP contribution >= 0.6 is 0 Å². The van der Waals surface area contributed by atoms with Gasteiger partial charge in [0.1, 0.15) is 17.8 Å². The van der Waals surface area contributed by atoms with Crippen LogP contribution in [0.1, 0.15) is 48.6 Å². The second-order valence-electron chi connectivity index (χ2n) is 12.7. The number of nitrogens with one attached hydrogen (secondary N) is 1. The van der Waals surface area contributed by atoms with E-state index in [-0.39, 0.29) is 25.4 Å². The highest BCUT2D eigenvalue weighted by atomic mass is 19.3. The van der Waals surface area contributed by atoms with E-state index in [1.54, 1.807) is 21.8 Å². The summed E-state index contributed by atoms with van der Waals surface area (Å²) in [5.41, 5.74) is 3.63. The fraction of sp³-hybridized carbons (Fsp3) is 0.647. The Morgan fingerprint density at radius 1 is 1.02 bits per heavy atom. The van der Waals surface area contributed by atoms with Crippen molar-refractivity contribution in [3.63, 3.8) is 0 Å². The minimum absolute atomic E-state index is 0.00254. The Balaban J connectivity index is 1.00. The van der Waals surface area contributed by atoms with Gasteiger partial charge in [0.25, 0.3) is 5.92 Å². The topological polar surface area (TPSA) is 170 Å². The predicted molar refractivity (Wildman–Crippen MR) is 174 cm³/mol. The highest BCUT2D eigenvalue weighted by Crippen LogP contribution is 2.34. The summed E-state index contributed by atoms with van der Waals surface area (Å²) in [6, 6.07) is 5.29. The molecule has 0 bridgehead atoms. The predicted octanol–water partition coefficient (Wildman–Crippen LogP) is 1.43. The Morgan fingerprint density at radius 3 is 2.39 bits per heavy atom. The number of hydrogen-bond acceptors (Lipinski definition) is 11. The van der Waals surface area contributed by atoms with E-state index in [1.165, 1.54) is 0 Å². The van der Waals surface area contributed by atoms with Crippen LogP contribution in [0.4, 0.5) is 8.78 Å². The van der Waals surface area contributed by atoms with E-state index in [0.29, 0.717) is 84.8 Å². The molecule has 2 saturated heterocycles. The van der Waals surface area contributed by atoms with Crippen LogP contribution in [-0.2, 0) is 64.3 Å². The molecule has 1 aromatic carbocycles. The van der Waals surface area contributed by atoms with E-state index < -0.39 is 48.7 Å². The van der Waals surface area contributed by atoms with E-state index in [4.69, 9.17) is 23.7 Å². The molecule has 3 aliphatic rings. The molecule has 2 aromatic rings. The van der Waals surface area contributed by atoms with Crippen LogP contribution in [0, 0.1) is 17.2 Å². The molecule has 5 rings (SSSR count). The highest BCUT2D eigenvalue weighted by Gasteiger charge is 2.50. The van der Waals surface area contributed by atoms with Gasteiger partial charge in [-0.1, -0.05) is 23.4 Å². The van der Waals surface area contributed by atoms with E-state index >= 15 is 0 Å². The molecular formula is C34H45F2N7O8. The maximum Gasteiger partial charge on any atom is 0.268 e. The van der Waals surface area contributed by atoms with Gasteiger partial charge in [0, 0.05) is 38.5 Å². The second kappa shape index (κ2) is 18.4. The van der Waals surface area contributed by atoms with Crippen molar-refractivity contribution >= 4 is 17.7 Å². The average Bonchev–Trinajstić information content (AvgIpc) is 3.90. The molecule has 2 fully saturated rings. The third kappa shape index (κ3) is 10.7. The number of nitriles is 1. The van der Waals surface area contributed by atoms with Crippen LogP contribution in [0.3, 0.4) is 0 Å². The van der Waals surface area contributed by atoms with Gasteiger partial charge in [-0.2, -0.15) is 5.26 Å². The van der Waals surface area contributed by atoms with Crippen LogP contribution in [-0.4, -0.2) is 127 Å². The molecule has 278 valence electrons. The Morgan fingerprint density at radius 2 is 1.71 bits per heavy atom. The summed E-state index contributed by atoms with van der Waals surface area (Å²) in [7, 11) is 0. The van der Waals surface area contributed by atoms with Crippen molar-refractivity contribution in [3.05, 3.63) is 46.8 Å². The van der Waals surface area contributed by atoms with Crippen molar-refractivity contribution in [2.75, 3.05) is 66.0 Å². The van der Waals surface area contributed by atoms with Crippen LogP contribution < -0.4 is 5.32 Å². The van der Waals surface area contributed by atoms with Crippen LogP contribution in [0.2, 0.25) is 0 Å². The van der Waals surface area contributed by atoms with Gasteiger partial charge in [-0.25, -0.2) is 13.5 Å². The first kappa shape index (κ1) is 38.2. The molecule has 0 saturated carbocycles. The van der Waals surface area contributed by atoms with Crippen molar-refractivity contribution in [1.82, 2.24) is 30.1 Å². The number of alkyl halides is 2. The maximum absolute atomic E-state index is 13.9. The molecule has 0 spiro atoms. The van der Waals surface area contributed by atoms with E-state index in [1.807, 2.05) is 25.1 Å². The van der Waals surface area contributed by atoms with E-state index in [0.717, 1.165) is 21.6 Å². The SMILES string of the molecule is CCOCCOCCOCCOCCOCc1cn(Cc2cccc3c2CN(C(=O)C[C@H]2C[C@H](C(=O)N4CC(F)(F)C[C@H]4C#N)NC2=O)C3)nn1. The molecule has 17 heteroatoms. The van der Waals surface area contributed by atoms with Gasteiger partial charge in [-0.3, -0.25) is 14.4 Å². The Hall–Kier alpha value is -4.08. The second-order valence-corrected chi connectivity index (χ2v) is 12.7. The standard InChI is InChI=1S/C34H45F2N7O8/c1-2-47-6-7-48-8-9-49-10-11-50-12-13-51-22-27-20-42(40-39-27)19-25-5-3-4-24-18-41(21-29(24)25)31(44)15-26-14-30(38-32(26)45)33(46)43-23-34(35,36)16-28(43)17-37/h3-5,20,26,28,30H,2,6-16,18-19,21-23H2,1H3,(H,38,45)/t26-,28+,30-/m1/s1. The first-order valence-electron chi connectivity index (χ1n) is 17.2. The molecule has 15 nitrogen and oxygen atoms in total. The largest absolute Gasteiger partial charge is 0.379 e. The lowest BCUT2D eigenvalue weighted by molar-refractivity contribution is -0.135. The number of hydrogen-bond donors (Lipinski definition) is 1. The molecule has 3 atom stereocenters. The van der Waals surface area contributed by atoms with Gasteiger partial charge in [0.15, 0.2) is 0 Å². The van der Waals surface area contributed by atoms with Crippen LogP contribution in [0.25, 0.3) is 0 Å². The summed E-state index contributed by atoms with van der Waals surface area (Å²) in [6.45, 7) is 7.07. The number of carbonyl (C=O) groups excluding carboxylic acids is 3. The molecule has 4 heterocycles. The van der Waals surface area contributed by atoms with Crippen LogP contribution in [0.5, 0.6) is 0 Å². The number of ether oxygens (including phenoxy) is 5. The summed E-state index contributed by atoms with van der Waals surface area (Å²) in [5, 5.41) is 20.2. The smallest absolute Gasteiger partial charge is 0.268 e. The van der Waals surface area contributed by atoms with Crippen molar-refractivity contribution in [2.24, 2.45) is 5.92 Å². The third-order valence-electron chi connectivity index (χ3n) is 8.92. The zero-order chi connectivity index (χ0) is 36.2. The minimum atomic E-state index is -3.16. The summed E-state index contributed by atoms with van der Waals surface area (Å²) >= 11 is 0. The molecular weight excluding hydrogens is 672 g/mol. The molecule has 3 amide bonds. The van der Waals surface area contributed by atoms with Gasteiger partial charge in [0.2, 0.25) is 17.7 Å². The van der Waals surface area contributed by atoms with Gasteiger partial charge < -0.3 is 38.8 Å². The zero-order valence-corrected chi connectivity index (χ0v) is 28.8. The molecule has 0 radical (unpaired) electrons. The Bertz CT molecular complexity index is 1540. The maximum atomic E-state index is 13.9. The number of rotatable bonds is 20. The molecule has 3 aliphatic heterocycles. The quantitative estimate of drug-likeness (QED) is 0.197. The van der Waals surface area contributed by atoms with Gasteiger partial charge in [-0.05, 0) is 30.0 Å². The fourth-order valence-corrected chi connectivity index (χ4v) is 6.35. The van der Waals surface area contributed by atoms with Crippen molar-refractivity contribution in [2.45, 2.75) is 70.4 Å². The first-order valence-corrected chi connectivity index (χ1v) is 17.2. The third-order valence-corrected chi connectivity index (χ3v) is 8.92. The van der Waals surface area contributed by atoms with E-state index in [9.17, 15) is 28.4 Å². The van der Waals surface area contributed by atoms with E-state index in [2.05, 4.69) is 15.6 Å². The van der Waals surface area contributed by atoms with Crippen molar-refractivity contribution in [1.29, 1.82) is 5.26 Å². The number of aromatic nitrogens is 3. The average molecular weight is 718 g/mol. The number of fused-ring (bicyclic) bond motifs is 1. The monoisotopic (exact) mass is 717 g/mol. The Kier molecular flexibility index (Phi) is 13.8. The van der Waals surface area contributed by atoms with Crippen molar-refractivity contribution in [3.8, 4) is 6.07 Å². The molecule has 0 aliphatic carbocycles. The van der Waals surface area contributed by atoms with Crippen LogP contribution in [0.15, 0.2) is 24.4 Å². The minimum Gasteiger partial charge on any atom is -0.379 e. The van der Waals surface area contributed by atoms with Crippen molar-refractivity contribution < 1.29 is 46.8 Å². The summed E-state index contributed by atoms with van der Waals surface area (Å²) in [5.74, 6) is -5.38. The number of amides is 3. The lowest BCUT2D eigenvalue weighted by atomic mass is 9.99. The van der Waals surface area contributed by atoms with Gasteiger partial charge in [0.05, 0.1) is 84.8 Å². The normalized spacial score (nSPS) is 20.8. The number of benzene rings is 1. The van der Waals surface area contributed by atoms with Gasteiger partial charge >= 0.3 is 0 Å². The number of carbonyl (C=O) groups is 3. The lowest BCUT2D eigenvalue weighted by Crippen LogP contribution is -2.46. The highest BCUT2D eigenvalue weighted by molar-refractivity contribution is 5.94. The number of nitrogens with zero attached hydrogens (tertiary/aromatic N) is 6. The number of likely N-dealkylation sites (tertiary alicyclic amines) is 1. The molecule has 51 heavy (non-hydrogen) atoms. The Labute approximate surface area is 295 Å². The molecule has 0 unspecified atom stereocenters. The number of halogens is 2.